The van der Waals surface area contributed by atoms with Crippen molar-refractivity contribution in [3.05, 3.63) is 0 Å². The fraction of sp³-hybridized carbons (Fsp3) is 0.900. The summed E-state index contributed by atoms with van der Waals surface area (Å²) in [6, 6.07) is 0.0834. The number of hydrogen-bond donors (Lipinski definition) is 1. The molecule has 1 heterocycles. The van der Waals surface area contributed by atoms with E-state index in [0.29, 0.717) is 12.0 Å². The van der Waals surface area contributed by atoms with Gasteiger partial charge in [-0.3, -0.25) is 9.69 Å². The molecule has 1 fully saturated rings. The quantitative estimate of drug-likeness (QED) is 0.710. The molecular weight excluding hydrogens is 166 g/mol. The van der Waals surface area contributed by atoms with Crippen molar-refractivity contribution in [2.75, 3.05) is 6.54 Å². The Balaban J connectivity index is 2.60. The molecular formula is C10H19NO2. The van der Waals surface area contributed by atoms with Gasteiger partial charge < -0.3 is 5.11 Å². The molecule has 0 amide bonds. The topological polar surface area (TPSA) is 40.5 Å². The van der Waals surface area contributed by atoms with E-state index in [9.17, 15) is 4.79 Å². The van der Waals surface area contributed by atoms with Gasteiger partial charge in [0.05, 0.1) is 0 Å². The highest BCUT2D eigenvalue weighted by Crippen LogP contribution is 2.23. The largest absolute Gasteiger partial charge is 0.480 e. The minimum absolute atomic E-state index is 0.335. The van der Waals surface area contributed by atoms with Crippen molar-refractivity contribution >= 4 is 5.97 Å². The number of nitrogens with zero attached hydrogens (tertiary/aromatic N) is 1. The van der Waals surface area contributed by atoms with E-state index >= 15 is 0 Å². The van der Waals surface area contributed by atoms with Gasteiger partial charge in [-0.1, -0.05) is 6.92 Å². The number of piperidine rings is 1. The number of likely N-dealkylation sites (tertiary alicyclic amines) is 1. The summed E-state index contributed by atoms with van der Waals surface area (Å²) < 4.78 is 0. The lowest BCUT2D eigenvalue weighted by Crippen LogP contribution is -2.49. The maximum absolute atomic E-state index is 10.8. The van der Waals surface area contributed by atoms with Gasteiger partial charge in [0.1, 0.15) is 6.04 Å². The summed E-state index contributed by atoms with van der Waals surface area (Å²) in [4.78, 5) is 12.9. The smallest absolute Gasteiger partial charge is 0.320 e. The summed E-state index contributed by atoms with van der Waals surface area (Å²) in [7, 11) is 0. The van der Waals surface area contributed by atoms with Gasteiger partial charge >= 0.3 is 5.97 Å². The second kappa shape index (κ2) is 4.09. The van der Waals surface area contributed by atoms with Gasteiger partial charge in [0, 0.05) is 12.6 Å². The van der Waals surface area contributed by atoms with Crippen LogP contribution in [0.1, 0.15) is 33.6 Å². The third-order valence-corrected chi connectivity index (χ3v) is 3.02. The van der Waals surface area contributed by atoms with E-state index in [-0.39, 0.29) is 6.04 Å². The summed E-state index contributed by atoms with van der Waals surface area (Å²) in [5.41, 5.74) is 0. The van der Waals surface area contributed by atoms with E-state index in [4.69, 9.17) is 5.11 Å². The maximum atomic E-state index is 10.8. The summed E-state index contributed by atoms with van der Waals surface area (Å²) in [5, 5.41) is 8.90. The second-order valence-corrected chi connectivity index (χ2v) is 4.24. The first-order valence-electron chi connectivity index (χ1n) is 5.01. The number of carbonyl (C=O) groups is 1. The molecule has 1 rings (SSSR count). The predicted molar refractivity (Wildman–Crippen MR) is 51.7 cm³/mol. The molecule has 0 aromatic heterocycles. The maximum Gasteiger partial charge on any atom is 0.320 e. The highest BCUT2D eigenvalue weighted by Gasteiger charge is 2.29. The Morgan fingerprint density at radius 2 is 2.08 bits per heavy atom. The number of carboxylic acids is 1. The van der Waals surface area contributed by atoms with E-state index in [1.807, 2.05) is 0 Å². The van der Waals surface area contributed by atoms with Crippen molar-refractivity contribution in [3.8, 4) is 0 Å². The molecule has 1 N–H and O–H groups in total. The molecule has 0 spiro atoms. The monoisotopic (exact) mass is 185 g/mol. The van der Waals surface area contributed by atoms with Crippen LogP contribution >= 0.6 is 0 Å². The molecule has 3 atom stereocenters. The summed E-state index contributed by atoms with van der Waals surface area (Å²) >= 11 is 0. The third-order valence-electron chi connectivity index (χ3n) is 3.02. The first kappa shape index (κ1) is 10.5. The molecule has 1 aliphatic rings. The van der Waals surface area contributed by atoms with Crippen molar-refractivity contribution in [1.82, 2.24) is 4.90 Å². The van der Waals surface area contributed by atoms with Crippen molar-refractivity contribution in [2.24, 2.45) is 5.92 Å². The fourth-order valence-corrected chi connectivity index (χ4v) is 2.00. The Hall–Kier alpha value is -0.570. The molecule has 1 aliphatic heterocycles. The van der Waals surface area contributed by atoms with Crippen molar-refractivity contribution < 1.29 is 9.90 Å². The first-order valence-corrected chi connectivity index (χ1v) is 5.01. The average molecular weight is 185 g/mol. The molecule has 1 unspecified atom stereocenters. The summed E-state index contributed by atoms with van der Waals surface area (Å²) in [5.74, 6) is -0.0704. The Morgan fingerprint density at radius 3 is 2.62 bits per heavy atom. The molecule has 0 saturated carbocycles. The van der Waals surface area contributed by atoms with Crippen LogP contribution in [0.4, 0.5) is 0 Å². The van der Waals surface area contributed by atoms with Gasteiger partial charge in [-0.25, -0.2) is 0 Å². The zero-order valence-corrected chi connectivity index (χ0v) is 8.66. The van der Waals surface area contributed by atoms with Gasteiger partial charge in [0.2, 0.25) is 0 Å². The molecule has 0 aromatic rings. The number of carboxylic acid groups (broad SMARTS) is 1. The molecule has 0 bridgehead atoms. The Labute approximate surface area is 79.7 Å². The molecule has 0 radical (unpaired) electrons. The minimum Gasteiger partial charge on any atom is -0.480 e. The average Bonchev–Trinajstić information content (AvgIpc) is 2.08. The van der Waals surface area contributed by atoms with E-state index in [2.05, 4.69) is 18.7 Å². The van der Waals surface area contributed by atoms with Crippen LogP contribution in [0.3, 0.4) is 0 Å². The standard InChI is InChI=1S/C10H19NO2/c1-7-4-5-8(2)11(6-7)9(3)10(12)13/h7-9H,4-6H2,1-3H3,(H,12,13)/t7-,8-,9?/m1/s1. The van der Waals surface area contributed by atoms with Gasteiger partial charge in [0.15, 0.2) is 0 Å². The van der Waals surface area contributed by atoms with Crippen molar-refractivity contribution in [1.29, 1.82) is 0 Å². The van der Waals surface area contributed by atoms with E-state index in [1.165, 1.54) is 6.42 Å². The lowest BCUT2D eigenvalue weighted by molar-refractivity contribution is -0.144. The Morgan fingerprint density at radius 1 is 1.46 bits per heavy atom. The highest BCUT2D eigenvalue weighted by molar-refractivity contribution is 5.72. The normalized spacial score (nSPS) is 32.8. The highest BCUT2D eigenvalue weighted by atomic mass is 16.4. The van der Waals surface area contributed by atoms with Crippen LogP contribution in [0.15, 0.2) is 0 Å². The molecule has 76 valence electrons. The lowest BCUT2D eigenvalue weighted by Gasteiger charge is -2.39. The second-order valence-electron chi connectivity index (χ2n) is 4.24. The van der Waals surface area contributed by atoms with Crippen LogP contribution in [0.5, 0.6) is 0 Å². The summed E-state index contributed by atoms with van der Waals surface area (Å²) in [6.07, 6.45) is 2.35. The predicted octanol–water partition coefficient (Wildman–Crippen LogP) is 1.58. The molecule has 0 aromatic carbocycles. The van der Waals surface area contributed by atoms with Crippen molar-refractivity contribution in [3.63, 3.8) is 0 Å². The molecule has 13 heavy (non-hydrogen) atoms. The fourth-order valence-electron chi connectivity index (χ4n) is 2.00. The van der Waals surface area contributed by atoms with Crippen LogP contribution in [-0.2, 0) is 4.79 Å². The Bertz CT molecular complexity index is 193. The SMILES string of the molecule is CC(C(=O)O)N1C[C@H](C)CC[C@H]1C. The lowest BCUT2D eigenvalue weighted by atomic mass is 9.94. The van der Waals surface area contributed by atoms with Crippen LogP contribution in [-0.4, -0.2) is 34.6 Å². The van der Waals surface area contributed by atoms with Crippen LogP contribution in [0.25, 0.3) is 0 Å². The van der Waals surface area contributed by atoms with Crippen LogP contribution in [0, 0.1) is 5.92 Å². The van der Waals surface area contributed by atoms with Gasteiger partial charge in [-0.15, -0.1) is 0 Å². The molecule has 0 aliphatic carbocycles. The zero-order valence-electron chi connectivity index (χ0n) is 8.66. The van der Waals surface area contributed by atoms with E-state index in [0.717, 1.165) is 13.0 Å². The summed E-state index contributed by atoms with van der Waals surface area (Å²) in [6.45, 7) is 7.00. The van der Waals surface area contributed by atoms with Crippen LogP contribution in [0.2, 0.25) is 0 Å². The molecule has 1 saturated heterocycles. The Kier molecular flexibility index (Phi) is 3.31. The van der Waals surface area contributed by atoms with Gasteiger partial charge in [-0.05, 0) is 32.6 Å². The number of hydrogen-bond acceptors (Lipinski definition) is 2. The zero-order chi connectivity index (χ0) is 10.0. The number of rotatable bonds is 2. The molecule has 3 nitrogen and oxygen atoms in total. The molecule has 3 heteroatoms. The van der Waals surface area contributed by atoms with Crippen molar-refractivity contribution in [2.45, 2.75) is 45.7 Å². The van der Waals surface area contributed by atoms with Gasteiger partial charge in [0.25, 0.3) is 0 Å². The number of aliphatic carboxylic acids is 1. The van der Waals surface area contributed by atoms with E-state index in [1.54, 1.807) is 6.92 Å². The minimum atomic E-state index is -0.707. The van der Waals surface area contributed by atoms with Crippen LogP contribution < -0.4 is 0 Å². The van der Waals surface area contributed by atoms with Gasteiger partial charge in [-0.2, -0.15) is 0 Å². The van der Waals surface area contributed by atoms with E-state index < -0.39 is 5.97 Å². The third kappa shape index (κ3) is 2.44. The first-order chi connectivity index (χ1) is 6.02.